The zero-order valence-electron chi connectivity index (χ0n) is 16.0. The summed E-state index contributed by atoms with van der Waals surface area (Å²) in [5.41, 5.74) is 2.33. The van der Waals surface area contributed by atoms with E-state index in [2.05, 4.69) is 11.1 Å². The number of esters is 1. The maximum absolute atomic E-state index is 12.8. The molecule has 1 aliphatic rings. The molecule has 1 aromatic carbocycles. The third kappa shape index (κ3) is 3.72. The lowest BCUT2D eigenvalue weighted by atomic mass is 9.76. The number of nitriles is 1. The van der Waals surface area contributed by atoms with Crippen molar-refractivity contribution in [2.45, 2.75) is 39.7 Å². The minimum absolute atomic E-state index is 0.270. The molecule has 6 nitrogen and oxygen atoms in total. The van der Waals surface area contributed by atoms with Crippen LogP contribution < -0.4 is 9.47 Å². The van der Waals surface area contributed by atoms with Gasteiger partial charge in [-0.25, -0.2) is 4.79 Å². The van der Waals surface area contributed by atoms with Gasteiger partial charge < -0.3 is 14.2 Å². The normalized spacial score (nSPS) is 19.7. The number of carbonyl (C=O) groups is 1. The van der Waals surface area contributed by atoms with Crippen molar-refractivity contribution in [3.8, 4) is 17.6 Å². The predicted octanol–water partition coefficient (Wildman–Crippen LogP) is 3.63. The van der Waals surface area contributed by atoms with Crippen molar-refractivity contribution in [3.63, 3.8) is 0 Å². The summed E-state index contributed by atoms with van der Waals surface area (Å²) in [6.45, 7) is 7.13. The molecule has 0 bridgehead atoms. The van der Waals surface area contributed by atoms with Gasteiger partial charge in [0.05, 0.1) is 37.9 Å². The van der Waals surface area contributed by atoms with E-state index in [-0.39, 0.29) is 6.10 Å². The van der Waals surface area contributed by atoms with Gasteiger partial charge >= 0.3 is 5.97 Å². The van der Waals surface area contributed by atoms with Crippen LogP contribution in [0.3, 0.4) is 0 Å². The first kappa shape index (κ1) is 19.5. The van der Waals surface area contributed by atoms with Crippen LogP contribution in [0.4, 0.5) is 0 Å². The van der Waals surface area contributed by atoms with Crippen molar-refractivity contribution in [2.75, 3.05) is 14.2 Å². The predicted molar refractivity (Wildman–Crippen MR) is 98.4 cm³/mol. The molecule has 0 saturated carbocycles. The Labute approximate surface area is 154 Å². The zero-order valence-corrected chi connectivity index (χ0v) is 16.0. The van der Waals surface area contributed by atoms with E-state index >= 15 is 0 Å². The lowest BCUT2D eigenvalue weighted by molar-refractivity contribution is -0.143. The first-order valence-electron chi connectivity index (χ1n) is 8.42. The molecule has 0 aliphatic carbocycles. The number of allylic oxidation sites excluding steroid dienone is 1. The van der Waals surface area contributed by atoms with Crippen LogP contribution in [0.2, 0.25) is 0 Å². The quantitative estimate of drug-likeness (QED) is 0.753. The molecule has 0 aromatic heterocycles. The van der Waals surface area contributed by atoms with E-state index in [1.165, 1.54) is 0 Å². The van der Waals surface area contributed by atoms with E-state index in [1.807, 2.05) is 6.07 Å². The van der Waals surface area contributed by atoms with Crippen molar-refractivity contribution in [2.24, 2.45) is 10.9 Å². The number of nitrogens with zero attached hydrogens (tertiary/aromatic N) is 2. The number of ether oxygens (including phenoxy) is 3. The Morgan fingerprint density at radius 1 is 1.23 bits per heavy atom. The van der Waals surface area contributed by atoms with Crippen molar-refractivity contribution in [3.05, 3.63) is 35.0 Å². The van der Waals surface area contributed by atoms with Crippen molar-refractivity contribution < 1.29 is 19.0 Å². The number of benzene rings is 1. The SMILES string of the molecule is COc1ccc([C@@H]2C(C(=O)OC(C)C)=C(C)N=C(C)C2C#N)c(OC)c1. The van der Waals surface area contributed by atoms with E-state index in [1.54, 1.807) is 54.0 Å². The molecule has 0 spiro atoms. The van der Waals surface area contributed by atoms with Gasteiger partial charge in [-0.05, 0) is 33.8 Å². The molecular weight excluding hydrogens is 332 g/mol. The summed E-state index contributed by atoms with van der Waals surface area (Å²) in [6, 6.07) is 7.63. The highest BCUT2D eigenvalue weighted by molar-refractivity contribution is 5.98. The van der Waals surface area contributed by atoms with Gasteiger partial charge in [0.2, 0.25) is 0 Å². The molecule has 1 unspecified atom stereocenters. The van der Waals surface area contributed by atoms with Crippen molar-refractivity contribution in [1.29, 1.82) is 5.26 Å². The van der Waals surface area contributed by atoms with Crippen LogP contribution in [0.1, 0.15) is 39.2 Å². The molecule has 26 heavy (non-hydrogen) atoms. The summed E-state index contributed by atoms with van der Waals surface area (Å²) in [5, 5.41) is 9.75. The second kappa shape index (κ2) is 8.05. The lowest BCUT2D eigenvalue weighted by Crippen LogP contribution is -2.30. The fraction of sp³-hybridized carbons (Fsp3) is 0.450. The molecule has 0 amide bonds. The second-order valence-corrected chi connectivity index (χ2v) is 6.40. The highest BCUT2D eigenvalue weighted by Crippen LogP contribution is 2.43. The van der Waals surface area contributed by atoms with Gasteiger partial charge in [0, 0.05) is 29.0 Å². The van der Waals surface area contributed by atoms with Crippen LogP contribution in [-0.4, -0.2) is 32.0 Å². The number of carbonyl (C=O) groups excluding carboxylic acids is 1. The standard InChI is InChI=1S/C20H24N2O4/c1-11(2)26-20(23)18-13(4)22-12(3)16(10-21)19(18)15-8-7-14(24-5)9-17(15)25-6/h7-9,11,16,19H,1-6H3/t16?,19-/m0/s1. The van der Waals surface area contributed by atoms with Gasteiger partial charge in [-0.15, -0.1) is 0 Å². The summed E-state index contributed by atoms with van der Waals surface area (Å²) >= 11 is 0. The average Bonchev–Trinajstić information content (AvgIpc) is 2.59. The first-order chi connectivity index (χ1) is 12.3. The second-order valence-electron chi connectivity index (χ2n) is 6.40. The van der Waals surface area contributed by atoms with E-state index in [0.29, 0.717) is 28.5 Å². The fourth-order valence-electron chi connectivity index (χ4n) is 3.16. The van der Waals surface area contributed by atoms with E-state index in [4.69, 9.17) is 14.2 Å². The van der Waals surface area contributed by atoms with Gasteiger partial charge in [0.1, 0.15) is 11.5 Å². The van der Waals surface area contributed by atoms with E-state index in [0.717, 1.165) is 5.56 Å². The summed E-state index contributed by atoms with van der Waals surface area (Å²) < 4.78 is 16.2. The Morgan fingerprint density at radius 2 is 1.92 bits per heavy atom. The minimum Gasteiger partial charge on any atom is -0.497 e. The van der Waals surface area contributed by atoms with Crippen molar-refractivity contribution >= 4 is 11.7 Å². The van der Waals surface area contributed by atoms with Crippen LogP contribution in [0.15, 0.2) is 34.5 Å². The average molecular weight is 356 g/mol. The third-order valence-corrected chi connectivity index (χ3v) is 4.31. The van der Waals surface area contributed by atoms with Crippen LogP contribution in [-0.2, 0) is 9.53 Å². The molecule has 1 aromatic rings. The topological polar surface area (TPSA) is 80.9 Å². The third-order valence-electron chi connectivity index (χ3n) is 4.31. The first-order valence-corrected chi connectivity index (χ1v) is 8.42. The molecule has 0 N–H and O–H groups in total. The van der Waals surface area contributed by atoms with Crippen LogP contribution in [0.5, 0.6) is 11.5 Å². The lowest BCUT2D eigenvalue weighted by Gasteiger charge is -2.30. The summed E-state index contributed by atoms with van der Waals surface area (Å²) in [5.74, 6) is -0.392. The van der Waals surface area contributed by atoms with Crippen LogP contribution in [0.25, 0.3) is 0 Å². The Bertz CT molecular complexity index is 803. The number of hydrogen-bond donors (Lipinski definition) is 0. The molecule has 2 rings (SSSR count). The Balaban J connectivity index is 2.66. The molecule has 138 valence electrons. The summed E-state index contributed by atoms with van der Waals surface area (Å²) in [7, 11) is 3.12. The molecular formula is C20H24N2O4. The van der Waals surface area contributed by atoms with E-state index < -0.39 is 17.8 Å². The summed E-state index contributed by atoms with van der Waals surface area (Å²) in [6.07, 6.45) is -0.270. The van der Waals surface area contributed by atoms with Gasteiger partial charge in [-0.2, -0.15) is 5.26 Å². The zero-order chi connectivity index (χ0) is 19.4. The van der Waals surface area contributed by atoms with Gasteiger partial charge in [0.15, 0.2) is 0 Å². The largest absolute Gasteiger partial charge is 0.497 e. The van der Waals surface area contributed by atoms with Crippen LogP contribution in [0, 0.1) is 17.2 Å². The maximum atomic E-state index is 12.8. The number of hydrogen-bond acceptors (Lipinski definition) is 6. The molecule has 2 atom stereocenters. The molecule has 0 saturated heterocycles. The Kier molecular flexibility index (Phi) is 6.04. The highest BCUT2D eigenvalue weighted by atomic mass is 16.5. The molecule has 1 aliphatic heterocycles. The number of methoxy groups -OCH3 is 2. The number of rotatable bonds is 5. The maximum Gasteiger partial charge on any atom is 0.336 e. The fourth-order valence-corrected chi connectivity index (χ4v) is 3.16. The monoisotopic (exact) mass is 356 g/mol. The van der Waals surface area contributed by atoms with E-state index in [9.17, 15) is 10.1 Å². The Morgan fingerprint density at radius 3 is 2.46 bits per heavy atom. The van der Waals surface area contributed by atoms with Crippen molar-refractivity contribution in [1.82, 2.24) is 0 Å². The minimum atomic E-state index is -0.587. The molecule has 6 heteroatoms. The van der Waals surface area contributed by atoms with Gasteiger partial charge in [-0.1, -0.05) is 6.07 Å². The van der Waals surface area contributed by atoms with Gasteiger partial charge in [0.25, 0.3) is 0 Å². The molecule has 0 radical (unpaired) electrons. The highest BCUT2D eigenvalue weighted by Gasteiger charge is 2.39. The number of aliphatic imine (C=N–C) groups is 1. The summed E-state index contributed by atoms with van der Waals surface area (Å²) in [4.78, 5) is 17.2. The van der Waals surface area contributed by atoms with Crippen LogP contribution >= 0.6 is 0 Å². The smallest absolute Gasteiger partial charge is 0.336 e. The molecule has 1 heterocycles. The van der Waals surface area contributed by atoms with Gasteiger partial charge in [-0.3, -0.25) is 4.99 Å². The Hall–Kier alpha value is -2.81. The molecule has 0 fully saturated rings.